The molecule has 0 amide bonds. The van der Waals surface area contributed by atoms with E-state index in [1.54, 1.807) is 24.4 Å². The number of aromatic nitrogens is 2. The molecule has 3 rings (SSSR count). The third kappa shape index (κ3) is 4.14. The highest BCUT2D eigenvalue weighted by Gasteiger charge is 2.01. The SMILES string of the molecule is O=C(/C=C/c1cnc2ccccc2n1)OCc1ccc(Cl)cc1. The second-order valence-electron chi connectivity index (χ2n) is 4.85. The first kappa shape index (κ1) is 15.2. The molecular weight excluding hydrogens is 312 g/mol. The average molecular weight is 325 g/mol. The highest BCUT2D eigenvalue weighted by atomic mass is 35.5. The Morgan fingerprint density at radius 2 is 1.83 bits per heavy atom. The molecule has 4 nitrogen and oxygen atoms in total. The zero-order valence-electron chi connectivity index (χ0n) is 12.1. The minimum Gasteiger partial charge on any atom is -0.458 e. The van der Waals surface area contributed by atoms with Gasteiger partial charge in [0, 0.05) is 11.1 Å². The third-order valence-corrected chi connectivity index (χ3v) is 3.40. The molecule has 0 aliphatic heterocycles. The van der Waals surface area contributed by atoms with E-state index in [1.807, 2.05) is 36.4 Å². The van der Waals surface area contributed by atoms with Gasteiger partial charge in [0.05, 0.1) is 22.9 Å². The fourth-order valence-corrected chi connectivity index (χ4v) is 2.11. The van der Waals surface area contributed by atoms with E-state index in [0.717, 1.165) is 16.6 Å². The van der Waals surface area contributed by atoms with E-state index in [4.69, 9.17) is 16.3 Å². The highest BCUT2D eigenvalue weighted by molar-refractivity contribution is 6.30. The molecule has 0 radical (unpaired) electrons. The summed E-state index contributed by atoms with van der Waals surface area (Å²) in [7, 11) is 0. The normalized spacial score (nSPS) is 11.0. The zero-order chi connectivity index (χ0) is 16.1. The van der Waals surface area contributed by atoms with Crippen molar-refractivity contribution in [1.82, 2.24) is 9.97 Å². The van der Waals surface area contributed by atoms with Crippen molar-refractivity contribution in [1.29, 1.82) is 0 Å². The Hall–Kier alpha value is -2.72. The van der Waals surface area contributed by atoms with Crippen molar-refractivity contribution >= 4 is 34.7 Å². The van der Waals surface area contributed by atoms with E-state index >= 15 is 0 Å². The van der Waals surface area contributed by atoms with Gasteiger partial charge in [-0.15, -0.1) is 0 Å². The summed E-state index contributed by atoms with van der Waals surface area (Å²) in [6, 6.07) is 14.7. The topological polar surface area (TPSA) is 52.1 Å². The van der Waals surface area contributed by atoms with Gasteiger partial charge >= 0.3 is 5.97 Å². The van der Waals surface area contributed by atoms with Gasteiger partial charge in [-0.3, -0.25) is 4.98 Å². The van der Waals surface area contributed by atoms with Crippen LogP contribution in [0, 0.1) is 0 Å². The van der Waals surface area contributed by atoms with Crippen molar-refractivity contribution in [2.75, 3.05) is 0 Å². The second-order valence-corrected chi connectivity index (χ2v) is 5.29. The number of fused-ring (bicyclic) bond motifs is 1. The Morgan fingerprint density at radius 3 is 2.61 bits per heavy atom. The number of nitrogens with zero attached hydrogens (tertiary/aromatic N) is 2. The van der Waals surface area contributed by atoms with Crippen LogP contribution in [0.3, 0.4) is 0 Å². The monoisotopic (exact) mass is 324 g/mol. The van der Waals surface area contributed by atoms with Crippen LogP contribution in [0.1, 0.15) is 11.3 Å². The van der Waals surface area contributed by atoms with Crippen molar-refractivity contribution in [2.24, 2.45) is 0 Å². The van der Waals surface area contributed by atoms with Gasteiger partial charge in [-0.25, -0.2) is 9.78 Å². The fourth-order valence-electron chi connectivity index (χ4n) is 1.99. The molecular formula is C18H13ClN2O2. The standard InChI is InChI=1S/C18H13ClN2O2/c19-14-7-5-13(6-8-14)12-23-18(22)10-9-15-11-20-16-3-1-2-4-17(16)21-15/h1-11H,12H2/b10-9+. The van der Waals surface area contributed by atoms with E-state index < -0.39 is 5.97 Å². The van der Waals surface area contributed by atoms with Crippen LogP contribution in [-0.4, -0.2) is 15.9 Å². The van der Waals surface area contributed by atoms with Crippen LogP contribution in [0.2, 0.25) is 5.02 Å². The summed E-state index contributed by atoms with van der Waals surface area (Å²) < 4.78 is 5.16. The molecule has 0 atom stereocenters. The number of para-hydroxylation sites is 2. The Bertz CT molecular complexity index is 860. The fraction of sp³-hybridized carbons (Fsp3) is 0.0556. The summed E-state index contributed by atoms with van der Waals surface area (Å²) in [5.74, 6) is -0.435. The van der Waals surface area contributed by atoms with Crippen LogP contribution in [-0.2, 0) is 16.1 Å². The molecule has 0 spiro atoms. The lowest BCUT2D eigenvalue weighted by atomic mass is 10.2. The van der Waals surface area contributed by atoms with Gasteiger partial charge in [0.25, 0.3) is 0 Å². The minimum atomic E-state index is -0.435. The lowest BCUT2D eigenvalue weighted by Gasteiger charge is -2.02. The first-order valence-electron chi connectivity index (χ1n) is 7.02. The Balaban J connectivity index is 1.61. The molecule has 0 unspecified atom stereocenters. The van der Waals surface area contributed by atoms with Crippen molar-refractivity contribution in [3.63, 3.8) is 0 Å². The number of carbonyl (C=O) groups is 1. The van der Waals surface area contributed by atoms with Crippen molar-refractivity contribution < 1.29 is 9.53 Å². The number of benzene rings is 2. The predicted molar refractivity (Wildman–Crippen MR) is 89.8 cm³/mol. The molecule has 5 heteroatoms. The molecule has 23 heavy (non-hydrogen) atoms. The van der Waals surface area contributed by atoms with E-state index in [0.29, 0.717) is 10.7 Å². The maximum absolute atomic E-state index is 11.7. The number of rotatable bonds is 4. The summed E-state index contributed by atoms with van der Waals surface area (Å²) in [5.41, 5.74) is 3.08. The van der Waals surface area contributed by atoms with E-state index in [-0.39, 0.29) is 6.61 Å². The van der Waals surface area contributed by atoms with Gasteiger partial charge < -0.3 is 4.74 Å². The largest absolute Gasteiger partial charge is 0.458 e. The summed E-state index contributed by atoms with van der Waals surface area (Å²) in [6.45, 7) is 0.198. The third-order valence-electron chi connectivity index (χ3n) is 3.15. The van der Waals surface area contributed by atoms with Gasteiger partial charge in [-0.2, -0.15) is 0 Å². The lowest BCUT2D eigenvalue weighted by molar-refractivity contribution is -0.138. The van der Waals surface area contributed by atoms with Crippen LogP contribution in [0.15, 0.2) is 60.8 Å². The Kier molecular flexibility index (Phi) is 4.64. The van der Waals surface area contributed by atoms with Crippen molar-refractivity contribution in [3.8, 4) is 0 Å². The van der Waals surface area contributed by atoms with Crippen molar-refractivity contribution in [3.05, 3.63) is 77.1 Å². The molecule has 114 valence electrons. The second kappa shape index (κ2) is 7.03. The van der Waals surface area contributed by atoms with E-state index in [2.05, 4.69) is 9.97 Å². The zero-order valence-corrected chi connectivity index (χ0v) is 12.9. The van der Waals surface area contributed by atoms with Crippen molar-refractivity contribution in [2.45, 2.75) is 6.61 Å². The molecule has 0 N–H and O–H groups in total. The number of hydrogen-bond acceptors (Lipinski definition) is 4. The molecule has 0 aliphatic rings. The number of ether oxygens (including phenoxy) is 1. The number of halogens is 1. The van der Waals surface area contributed by atoms with Crippen LogP contribution in [0.4, 0.5) is 0 Å². The molecule has 0 aliphatic carbocycles. The van der Waals surface area contributed by atoms with Gasteiger partial charge in [0.15, 0.2) is 0 Å². The van der Waals surface area contributed by atoms with Gasteiger partial charge in [0.1, 0.15) is 6.61 Å². The molecule has 1 heterocycles. The first-order chi connectivity index (χ1) is 11.2. The molecule has 3 aromatic rings. The molecule has 0 fully saturated rings. The summed E-state index contributed by atoms with van der Waals surface area (Å²) in [6.07, 6.45) is 4.55. The van der Waals surface area contributed by atoms with Crippen LogP contribution >= 0.6 is 11.6 Å². The summed E-state index contributed by atoms with van der Waals surface area (Å²) >= 11 is 5.80. The summed E-state index contributed by atoms with van der Waals surface area (Å²) in [4.78, 5) is 20.4. The summed E-state index contributed by atoms with van der Waals surface area (Å²) in [5, 5.41) is 0.648. The lowest BCUT2D eigenvalue weighted by Crippen LogP contribution is -2.00. The molecule has 0 saturated heterocycles. The first-order valence-corrected chi connectivity index (χ1v) is 7.39. The predicted octanol–water partition coefficient (Wildman–Crippen LogP) is 4.04. The van der Waals surface area contributed by atoms with Gasteiger partial charge in [-0.1, -0.05) is 35.9 Å². The van der Waals surface area contributed by atoms with Gasteiger partial charge in [-0.05, 0) is 35.9 Å². The minimum absolute atomic E-state index is 0.198. The number of esters is 1. The molecule has 1 aromatic heterocycles. The smallest absolute Gasteiger partial charge is 0.331 e. The van der Waals surface area contributed by atoms with Crippen LogP contribution in [0.5, 0.6) is 0 Å². The number of carbonyl (C=O) groups excluding carboxylic acids is 1. The quantitative estimate of drug-likeness (QED) is 0.537. The molecule has 2 aromatic carbocycles. The Labute approximate surface area is 138 Å². The van der Waals surface area contributed by atoms with Gasteiger partial charge in [0.2, 0.25) is 0 Å². The highest BCUT2D eigenvalue weighted by Crippen LogP contribution is 2.11. The van der Waals surface area contributed by atoms with E-state index in [9.17, 15) is 4.79 Å². The van der Waals surface area contributed by atoms with E-state index in [1.165, 1.54) is 6.08 Å². The maximum atomic E-state index is 11.7. The molecule has 0 bridgehead atoms. The average Bonchev–Trinajstić information content (AvgIpc) is 2.59. The Morgan fingerprint density at radius 1 is 1.09 bits per heavy atom. The maximum Gasteiger partial charge on any atom is 0.331 e. The molecule has 0 saturated carbocycles. The van der Waals surface area contributed by atoms with Crippen LogP contribution in [0.25, 0.3) is 17.1 Å². The van der Waals surface area contributed by atoms with Crippen LogP contribution < -0.4 is 0 Å². The number of hydrogen-bond donors (Lipinski definition) is 0.